The van der Waals surface area contributed by atoms with Crippen LogP contribution < -0.4 is 0 Å². The van der Waals surface area contributed by atoms with E-state index in [1.54, 1.807) is 24.3 Å². The Balaban J connectivity index is 1.94. The zero-order valence-corrected chi connectivity index (χ0v) is 15.8. The molecule has 0 atom stereocenters. The average Bonchev–Trinajstić information content (AvgIpc) is 2.52. The van der Waals surface area contributed by atoms with E-state index in [0.717, 1.165) is 31.5 Å². The van der Waals surface area contributed by atoms with Gasteiger partial charge in [-0.2, -0.15) is 4.31 Å². The second-order valence-electron chi connectivity index (χ2n) is 6.54. The van der Waals surface area contributed by atoms with Crippen molar-refractivity contribution >= 4 is 27.5 Å². The lowest BCUT2D eigenvalue weighted by molar-refractivity contribution is -0.132. The number of benzene rings is 1. The molecule has 1 heterocycles. The van der Waals surface area contributed by atoms with Crippen LogP contribution in [0.1, 0.15) is 31.7 Å². The van der Waals surface area contributed by atoms with E-state index in [2.05, 4.69) is 6.92 Å². The number of amides is 1. The summed E-state index contributed by atoms with van der Waals surface area (Å²) in [4.78, 5) is 14.2. The van der Waals surface area contributed by atoms with Crippen molar-refractivity contribution in [2.45, 2.75) is 32.7 Å². The summed E-state index contributed by atoms with van der Waals surface area (Å²) < 4.78 is 25.4. The number of nitrogens with zero attached hydrogens (tertiary/aromatic N) is 2. The molecule has 1 aromatic rings. The topological polar surface area (TPSA) is 57.7 Å². The summed E-state index contributed by atoms with van der Waals surface area (Å²) in [7, 11) is -3.38. The van der Waals surface area contributed by atoms with Crippen LogP contribution in [-0.2, 0) is 21.4 Å². The molecule has 0 N–H and O–H groups in total. The molecule has 0 aromatic heterocycles. The Kier molecular flexibility index (Phi) is 6.66. The lowest BCUT2D eigenvalue weighted by Gasteiger charge is -2.31. The molecule has 1 aromatic carbocycles. The molecule has 1 aliphatic rings. The molecule has 0 aliphatic carbocycles. The zero-order valence-electron chi connectivity index (χ0n) is 14.2. The maximum Gasteiger partial charge on any atom is 0.223 e. The second-order valence-corrected chi connectivity index (χ2v) is 8.96. The third-order valence-electron chi connectivity index (χ3n) is 4.45. The van der Waals surface area contributed by atoms with Gasteiger partial charge in [-0.3, -0.25) is 4.79 Å². The van der Waals surface area contributed by atoms with Crippen LogP contribution in [0.25, 0.3) is 0 Å². The highest BCUT2D eigenvalue weighted by molar-refractivity contribution is 7.88. The molecule has 24 heavy (non-hydrogen) atoms. The molecule has 2 rings (SSSR count). The van der Waals surface area contributed by atoms with Crippen LogP contribution in [0.3, 0.4) is 0 Å². The minimum atomic E-state index is -3.38. The first-order chi connectivity index (χ1) is 11.3. The first-order valence-electron chi connectivity index (χ1n) is 8.23. The number of carbonyl (C=O) groups is 1. The van der Waals surface area contributed by atoms with Gasteiger partial charge in [-0.25, -0.2) is 8.42 Å². The summed E-state index contributed by atoms with van der Waals surface area (Å²) in [6.07, 6.45) is 3.43. The average molecular weight is 373 g/mol. The van der Waals surface area contributed by atoms with Crippen LogP contribution in [-0.4, -0.2) is 49.4 Å². The lowest BCUT2D eigenvalue weighted by Crippen LogP contribution is -2.40. The summed E-state index contributed by atoms with van der Waals surface area (Å²) in [5.74, 6) is 0.693. The molecule has 0 unspecified atom stereocenters. The molecule has 1 fully saturated rings. The summed E-state index contributed by atoms with van der Waals surface area (Å²) >= 11 is 5.86. The molecule has 0 saturated carbocycles. The van der Waals surface area contributed by atoms with Gasteiger partial charge in [0.2, 0.25) is 15.9 Å². The van der Waals surface area contributed by atoms with E-state index in [4.69, 9.17) is 11.6 Å². The summed E-state index contributed by atoms with van der Waals surface area (Å²) in [6, 6.07) is 7.07. The van der Waals surface area contributed by atoms with Crippen molar-refractivity contribution in [3.05, 3.63) is 34.9 Å². The number of halogens is 1. The van der Waals surface area contributed by atoms with Gasteiger partial charge in [0.15, 0.2) is 0 Å². The fraction of sp³-hybridized carbons (Fsp3) is 0.588. The predicted molar refractivity (Wildman–Crippen MR) is 96.3 cm³/mol. The van der Waals surface area contributed by atoms with Gasteiger partial charge >= 0.3 is 0 Å². The molecule has 134 valence electrons. The van der Waals surface area contributed by atoms with E-state index in [1.807, 2.05) is 4.90 Å². The number of hydrogen-bond acceptors (Lipinski definition) is 3. The molecule has 0 radical (unpaired) electrons. The van der Waals surface area contributed by atoms with E-state index in [1.165, 1.54) is 10.6 Å². The molecule has 1 saturated heterocycles. The zero-order chi connectivity index (χ0) is 17.7. The summed E-state index contributed by atoms with van der Waals surface area (Å²) in [6.45, 7) is 4.19. The molecule has 7 heteroatoms. The highest BCUT2D eigenvalue weighted by atomic mass is 35.5. The maximum atomic E-state index is 12.3. The smallest absolute Gasteiger partial charge is 0.223 e. The van der Waals surface area contributed by atoms with Gasteiger partial charge in [0.05, 0.1) is 6.26 Å². The van der Waals surface area contributed by atoms with Crippen molar-refractivity contribution in [2.24, 2.45) is 5.92 Å². The fourth-order valence-corrected chi connectivity index (χ4v) is 3.72. The standard InChI is InChI=1S/C17H25ClN2O3S/c1-14-7-10-19(11-8-14)17(21)9-12-20(24(2,22)23)13-15-3-5-16(18)6-4-15/h3-6,14H,7-13H2,1-2H3. The van der Waals surface area contributed by atoms with Crippen molar-refractivity contribution in [2.75, 3.05) is 25.9 Å². The minimum absolute atomic E-state index is 0.0339. The second kappa shape index (κ2) is 8.32. The number of rotatable bonds is 6. The fourth-order valence-electron chi connectivity index (χ4n) is 2.79. The van der Waals surface area contributed by atoms with Gasteiger partial charge in [-0.05, 0) is 36.5 Å². The van der Waals surface area contributed by atoms with Gasteiger partial charge in [-0.1, -0.05) is 30.7 Å². The van der Waals surface area contributed by atoms with Crippen molar-refractivity contribution < 1.29 is 13.2 Å². The highest BCUT2D eigenvalue weighted by Crippen LogP contribution is 2.18. The Morgan fingerprint density at radius 2 is 1.83 bits per heavy atom. The number of piperidine rings is 1. The Hall–Kier alpha value is -1.11. The van der Waals surface area contributed by atoms with E-state index < -0.39 is 10.0 Å². The van der Waals surface area contributed by atoms with Crippen molar-refractivity contribution in [1.82, 2.24) is 9.21 Å². The molecule has 0 spiro atoms. The molecular formula is C17H25ClN2O3S. The SMILES string of the molecule is CC1CCN(C(=O)CCN(Cc2ccc(Cl)cc2)S(C)(=O)=O)CC1. The van der Waals surface area contributed by atoms with E-state index >= 15 is 0 Å². The van der Waals surface area contributed by atoms with Gasteiger partial charge in [0.1, 0.15) is 0 Å². The quantitative estimate of drug-likeness (QED) is 0.771. The van der Waals surface area contributed by atoms with Gasteiger partial charge in [0, 0.05) is 37.6 Å². The van der Waals surface area contributed by atoms with Gasteiger partial charge < -0.3 is 4.90 Å². The normalized spacial score (nSPS) is 16.6. The van der Waals surface area contributed by atoms with Crippen LogP contribution in [0.5, 0.6) is 0 Å². The van der Waals surface area contributed by atoms with E-state index in [-0.39, 0.29) is 25.4 Å². The van der Waals surface area contributed by atoms with Crippen molar-refractivity contribution in [3.8, 4) is 0 Å². The van der Waals surface area contributed by atoms with Crippen LogP contribution in [0.4, 0.5) is 0 Å². The number of hydrogen-bond donors (Lipinski definition) is 0. The Morgan fingerprint density at radius 3 is 2.38 bits per heavy atom. The molecule has 0 bridgehead atoms. The maximum absolute atomic E-state index is 12.3. The van der Waals surface area contributed by atoms with Crippen molar-refractivity contribution in [1.29, 1.82) is 0 Å². The Labute approximate surface area is 149 Å². The van der Waals surface area contributed by atoms with Crippen LogP contribution in [0, 0.1) is 5.92 Å². The van der Waals surface area contributed by atoms with E-state index in [9.17, 15) is 13.2 Å². The van der Waals surface area contributed by atoms with Gasteiger partial charge in [-0.15, -0.1) is 0 Å². The third kappa shape index (κ3) is 5.76. The number of likely N-dealkylation sites (tertiary alicyclic amines) is 1. The highest BCUT2D eigenvalue weighted by Gasteiger charge is 2.23. The minimum Gasteiger partial charge on any atom is -0.343 e. The van der Waals surface area contributed by atoms with Gasteiger partial charge in [0.25, 0.3) is 0 Å². The monoisotopic (exact) mass is 372 g/mol. The number of sulfonamides is 1. The summed E-state index contributed by atoms with van der Waals surface area (Å²) in [5.41, 5.74) is 0.851. The Morgan fingerprint density at radius 1 is 1.25 bits per heavy atom. The molecular weight excluding hydrogens is 348 g/mol. The molecule has 5 nitrogen and oxygen atoms in total. The number of carbonyl (C=O) groups excluding carboxylic acids is 1. The largest absolute Gasteiger partial charge is 0.343 e. The Bertz CT molecular complexity index is 653. The third-order valence-corrected chi connectivity index (χ3v) is 5.95. The first kappa shape index (κ1) is 19.2. The predicted octanol–water partition coefficient (Wildman–Crippen LogP) is 2.75. The summed E-state index contributed by atoms with van der Waals surface area (Å²) in [5, 5.41) is 0.610. The van der Waals surface area contributed by atoms with E-state index in [0.29, 0.717) is 10.9 Å². The molecule has 1 amide bonds. The van der Waals surface area contributed by atoms with Crippen LogP contribution >= 0.6 is 11.6 Å². The van der Waals surface area contributed by atoms with Crippen LogP contribution in [0.2, 0.25) is 5.02 Å². The lowest BCUT2D eigenvalue weighted by atomic mass is 9.99. The first-order valence-corrected chi connectivity index (χ1v) is 10.5. The van der Waals surface area contributed by atoms with Crippen LogP contribution in [0.15, 0.2) is 24.3 Å². The molecule has 1 aliphatic heterocycles. The van der Waals surface area contributed by atoms with Crippen molar-refractivity contribution in [3.63, 3.8) is 0 Å².